The highest BCUT2D eigenvalue weighted by Gasteiger charge is 2.11. The number of fused-ring (bicyclic) bond motifs is 1. The molecule has 0 bridgehead atoms. The van der Waals surface area contributed by atoms with E-state index in [1.165, 1.54) is 0 Å². The van der Waals surface area contributed by atoms with E-state index in [1.807, 2.05) is 36.4 Å². The van der Waals surface area contributed by atoms with Crippen molar-refractivity contribution in [1.82, 2.24) is 0 Å². The standard InChI is InChI=1S/C21H21NO4/c1-24-19-11-21(26-3)20(25-2)10-15(19)12-22-13-17-16-7-5-4-6-14(16)8-9-18(17)23/h4-11,13,23H,12H2,1-3H3. The fourth-order valence-corrected chi connectivity index (χ4v) is 2.87. The third kappa shape index (κ3) is 3.42. The topological polar surface area (TPSA) is 60.3 Å². The molecule has 0 aliphatic rings. The first-order valence-electron chi connectivity index (χ1n) is 8.17. The first-order chi connectivity index (χ1) is 12.7. The van der Waals surface area contributed by atoms with Gasteiger partial charge in [-0.3, -0.25) is 4.99 Å². The monoisotopic (exact) mass is 351 g/mol. The van der Waals surface area contributed by atoms with Gasteiger partial charge in [-0.2, -0.15) is 0 Å². The molecule has 0 heterocycles. The Bertz CT molecular complexity index is 950. The number of benzene rings is 3. The zero-order valence-electron chi connectivity index (χ0n) is 15.0. The second-order valence-corrected chi connectivity index (χ2v) is 5.71. The number of hydrogen-bond acceptors (Lipinski definition) is 5. The quantitative estimate of drug-likeness (QED) is 0.677. The van der Waals surface area contributed by atoms with Gasteiger partial charge in [0.05, 0.1) is 27.9 Å². The number of phenolic OH excluding ortho intramolecular Hbond substituents is 1. The third-order valence-corrected chi connectivity index (χ3v) is 4.22. The van der Waals surface area contributed by atoms with Crippen LogP contribution in [-0.2, 0) is 6.54 Å². The molecule has 3 aromatic carbocycles. The van der Waals surface area contributed by atoms with E-state index >= 15 is 0 Å². The Labute approximate surface area is 152 Å². The molecule has 1 N–H and O–H groups in total. The molecule has 5 nitrogen and oxygen atoms in total. The van der Waals surface area contributed by atoms with Gasteiger partial charge >= 0.3 is 0 Å². The molecule has 0 atom stereocenters. The summed E-state index contributed by atoms with van der Waals surface area (Å²) in [4.78, 5) is 4.50. The summed E-state index contributed by atoms with van der Waals surface area (Å²) in [7, 11) is 4.77. The molecule has 5 heteroatoms. The lowest BCUT2D eigenvalue weighted by atomic mass is 10.0. The summed E-state index contributed by atoms with van der Waals surface area (Å²) in [6, 6.07) is 15.1. The highest BCUT2D eigenvalue weighted by molar-refractivity contribution is 6.02. The molecule has 0 saturated carbocycles. The van der Waals surface area contributed by atoms with Gasteiger partial charge in [0.15, 0.2) is 11.5 Å². The van der Waals surface area contributed by atoms with Crippen molar-refractivity contribution in [3.8, 4) is 23.0 Å². The fourth-order valence-electron chi connectivity index (χ4n) is 2.87. The van der Waals surface area contributed by atoms with E-state index in [0.717, 1.165) is 16.3 Å². The van der Waals surface area contributed by atoms with Crippen molar-refractivity contribution in [3.63, 3.8) is 0 Å². The van der Waals surface area contributed by atoms with Crippen LogP contribution in [0, 0.1) is 0 Å². The molecule has 26 heavy (non-hydrogen) atoms. The lowest BCUT2D eigenvalue weighted by molar-refractivity contribution is 0.347. The first-order valence-corrected chi connectivity index (χ1v) is 8.17. The maximum absolute atomic E-state index is 10.2. The van der Waals surface area contributed by atoms with Gasteiger partial charge in [0, 0.05) is 23.4 Å². The number of phenols is 1. The molecule has 0 radical (unpaired) electrons. The second kappa shape index (κ2) is 7.78. The van der Waals surface area contributed by atoms with E-state index in [4.69, 9.17) is 14.2 Å². The Balaban J connectivity index is 1.93. The second-order valence-electron chi connectivity index (χ2n) is 5.71. The smallest absolute Gasteiger partial charge is 0.164 e. The number of aliphatic imine (C=N–C) groups is 1. The van der Waals surface area contributed by atoms with Gasteiger partial charge in [0.25, 0.3) is 0 Å². The Kier molecular flexibility index (Phi) is 5.27. The predicted octanol–water partition coefficient (Wildman–Crippen LogP) is 4.19. The van der Waals surface area contributed by atoms with Crippen LogP contribution < -0.4 is 14.2 Å². The van der Waals surface area contributed by atoms with Gasteiger partial charge < -0.3 is 19.3 Å². The van der Waals surface area contributed by atoms with E-state index in [-0.39, 0.29) is 5.75 Å². The molecule has 0 aliphatic heterocycles. The zero-order valence-corrected chi connectivity index (χ0v) is 15.0. The minimum Gasteiger partial charge on any atom is -0.507 e. The third-order valence-electron chi connectivity index (χ3n) is 4.22. The Morgan fingerprint density at radius 3 is 2.31 bits per heavy atom. The molecule has 0 spiro atoms. The van der Waals surface area contributed by atoms with Crippen LogP contribution in [0.2, 0.25) is 0 Å². The molecule has 3 rings (SSSR count). The molecule has 0 fully saturated rings. The van der Waals surface area contributed by atoms with E-state index < -0.39 is 0 Å². The van der Waals surface area contributed by atoms with Gasteiger partial charge in [-0.1, -0.05) is 30.3 Å². The molecule has 0 saturated heterocycles. The van der Waals surface area contributed by atoms with Crippen molar-refractivity contribution >= 4 is 17.0 Å². The van der Waals surface area contributed by atoms with Crippen LogP contribution in [0.4, 0.5) is 0 Å². The van der Waals surface area contributed by atoms with Crippen LogP contribution in [0.25, 0.3) is 10.8 Å². The summed E-state index contributed by atoms with van der Waals surface area (Å²) >= 11 is 0. The maximum atomic E-state index is 10.2. The Morgan fingerprint density at radius 2 is 1.58 bits per heavy atom. The highest BCUT2D eigenvalue weighted by atomic mass is 16.5. The molecular weight excluding hydrogens is 330 g/mol. The molecule has 134 valence electrons. The van der Waals surface area contributed by atoms with Crippen molar-refractivity contribution in [3.05, 3.63) is 59.7 Å². The van der Waals surface area contributed by atoms with Gasteiger partial charge in [0.1, 0.15) is 11.5 Å². The van der Waals surface area contributed by atoms with E-state index in [0.29, 0.717) is 29.4 Å². The predicted molar refractivity (Wildman–Crippen MR) is 103 cm³/mol. The number of ether oxygens (including phenoxy) is 3. The minimum absolute atomic E-state index is 0.201. The Morgan fingerprint density at radius 1 is 0.885 bits per heavy atom. The zero-order chi connectivity index (χ0) is 18.5. The molecule has 0 unspecified atom stereocenters. The SMILES string of the molecule is COc1cc(OC)c(OC)cc1CN=Cc1c(O)ccc2ccccc12. The summed E-state index contributed by atoms with van der Waals surface area (Å²) in [5.74, 6) is 2.09. The van der Waals surface area contributed by atoms with Gasteiger partial charge in [-0.05, 0) is 22.9 Å². The molecule has 0 aliphatic carbocycles. The molecule has 3 aromatic rings. The van der Waals surface area contributed by atoms with Crippen molar-refractivity contribution in [2.45, 2.75) is 6.54 Å². The van der Waals surface area contributed by atoms with Gasteiger partial charge in [0.2, 0.25) is 0 Å². The summed E-state index contributed by atoms with van der Waals surface area (Å²) < 4.78 is 16.1. The minimum atomic E-state index is 0.201. The number of nitrogens with zero attached hydrogens (tertiary/aromatic N) is 1. The summed E-state index contributed by atoms with van der Waals surface area (Å²) in [6.45, 7) is 0.381. The van der Waals surface area contributed by atoms with Crippen LogP contribution in [0.3, 0.4) is 0 Å². The van der Waals surface area contributed by atoms with Crippen LogP contribution >= 0.6 is 0 Å². The summed E-state index contributed by atoms with van der Waals surface area (Å²) in [6.07, 6.45) is 1.69. The largest absolute Gasteiger partial charge is 0.507 e. The van der Waals surface area contributed by atoms with Crippen LogP contribution in [0.15, 0.2) is 53.5 Å². The lowest BCUT2D eigenvalue weighted by Crippen LogP contribution is -1.97. The Hall–Kier alpha value is -3.21. The van der Waals surface area contributed by atoms with Crippen LogP contribution in [0.1, 0.15) is 11.1 Å². The first kappa shape index (κ1) is 17.6. The molecule has 0 aromatic heterocycles. The number of hydrogen-bond donors (Lipinski definition) is 1. The van der Waals surface area contributed by atoms with Crippen molar-refractivity contribution < 1.29 is 19.3 Å². The number of aromatic hydroxyl groups is 1. The van der Waals surface area contributed by atoms with E-state index in [1.54, 1.807) is 39.7 Å². The maximum Gasteiger partial charge on any atom is 0.164 e. The van der Waals surface area contributed by atoms with Gasteiger partial charge in [-0.15, -0.1) is 0 Å². The van der Waals surface area contributed by atoms with Gasteiger partial charge in [-0.25, -0.2) is 0 Å². The van der Waals surface area contributed by atoms with Crippen LogP contribution in [-0.4, -0.2) is 32.7 Å². The number of methoxy groups -OCH3 is 3. The average molecular weight is 351 g/mol. The van der Waals surface area contributed by atoms with E-state index in [9.17, 15) is 5.11 Å². The van der Waals surface area contributed by atoms with Crippen molar-refractivity contribution in [2.75, 3.05) is 21.3 Å². The normalized spacial score (nSPS) is 11.0. The van der Waals surface area contributed by atoms with Crippen molar-refractivity contribution in [2.24, 2.45) is 4.99 Å². The molecular formula is C21H21NO4. The van der Waals surface area contributed by atoms with Crippen molar-refractivity contribution in [1.29, 1.82) is 0 Å². The lowest BCUT2D eigenvalue weighted by Gasteiger charge is -2.13. The summed E-state index contributed by atoms with van der Waals surface area (Å²) in [5, 5.41) is 12.2. The number of rotatable bonds is 6. The van der Waals surface area contributed by atoms with Crippen LogP contribution in [0.5, 0.6) is 23.0 Å². The fraction of sp³-hybridized carbons (Fsp3) is 0.190. The summed E-state index contributed by atoms with van der Waals surface area (Å²) in [5.41, 5.74) is 1.56. The highest BCUT2D eigenvalue weighted by Crippen LogP contribution is 2.35. The molecule has 0 amide bonds. The van der Waals surface area contributed by atoms with E-state index in [2.05, 4.69) is 4.99 Å². The average Bonchev–Trinajstić information content (AvgIpc) is 2.69.